The number of unbranched alkanes of at least 4 members (excludes halogenated alkanes) is 37. The molecule has 0 aliphatic heterocycles. The van der Waals surface area contributed by atoms with Gasteiger partial charge in [-0.3, -0.25) is 0 Å². The van der Waals surface area contributed by atoms with Gasteiger partial charge in [-0.25, -0.2) is 0 Å². The molecular formula is C72H124N2Ni. The number of nitrogens with zero attached hydrogens (tertiary/aromatic N) is 2. The Bertz CT molecular complexity index is 1650. The quantitative estimate of drug-likeness (QED) is 0.0158. The fourth-order valence-corrected chi connectivity index (χ4v) is 11.6. The number of allylic oxidation sites excluding steroid dienone is 4. The van der Waals surface area contributed by atoms with E-state index in [9.17, 15) is 5.53 Å². The Morgan fingerprint density at radius 2 is 0.707 bits per heavy atom. The van der Waals surface area contributed by atoms with E-state index in [0.717, 1.165) is 43.3 Å². The summed E-state index contributed by atoms with van der Waals surface area (Å²) in [7, 11) is 0. The first-order valence-corrected chi connectivity index (χ1v) is 34.5. The van der Waals surface area contributed by atoms with Crippen molar-refractivity contribution in [2.45, 2.75) is 348 Å². The molecule has 2 nitrogen and oxygen atoms in total. The van der Waals surface area contributed by atoms with Gasteiger partial charge in [0, 0.05) is 5.57 Å². The molecule has 0 saturated heterocycles. The predicted octanol–water partition coefficient (Wildman–Crippen LogP) is 25.1. The van der Waals surface area contributed by atoms with Gasteiger partial charge in [-0.1, -0.05) is 281 Å². The van der Waals surface area contributed by atoms with Gasteiger partial charge in [-0.05, 0) is 79.2 Å². The van der Waals surface area contributed by atoms with Crippen molar-refractivity contribution < 1.29 is 19.2 Å². The molecule has 75 heavy (non-hydrogen) atoms. The molecule has 0 fully saturated rings. The van der Waals surface area contributed by atoms with Crippen LogP contribution in [0.25, 0.3) is 11.1 Å². The van der Waals surface area contributed by atoms with Gasteiger partial charge >= 0.3 is 96.3 Å². The molecule has 2 rings (SSSR count). The SMILES string of the molecule is CCCCCCCCCCCCCCCCCCCCCCCCCCCC=CC(C(=C=[N+]=[N-])CCCCCC)=C(c1ccc(CCCC)cc1)c1ccc(CCCCC)cc1.CCCCC[CH2][Ni][CH2]CCCCC. The molecular weight excluding hydrogens is 951 g/mol. The van der Waals surface area contributed by atoms with Gasteiger partial charge in [0.15, 0.2) is 0 Å². The molecule has 0 N–H and O–H groups in total. The maximum absolute atomic E-state index is 9.89. The van der Waals surface area contributed by atoms with Crippen LogP contribution in [-0.4, -0.2) is 10.7 Å². The van der Waals surface area contributed by atoms with Gasteiger partial charge in [-0.2, -0.15) is 0 Å². The maximum atomic E-state index is 9.89. The Hall–Kier alpha value is -2.43. The third kappa shape index (κ3) is 42.2. The van der Waals surface area contributed by atoms with Crippen molar-refractivity contribution in [3.05, 3.63) is 99.6 Å². The van der Waals surface area contributed by atoms with Crippen molar-refractivity contribution in [3.8, 4) is 0 Å². The number of benzene rings is 2. The average molecular weight is 1080 g/mol. The first kappa shape index (κ1) is 70.6. The molecule has 2 aromatic carbocycles. The van der Waals surface area contributed by atoms with Crippen LogP contribution in [0, 0.1) is 0 Å². The van der Waals surface area contributed by atoms with Gasteiger partial charge in [0.25, 0.3) is 0 Å². The Kier molecular flexibility index (Phi) is 53.0. The van der Waals surface area contributed by atoms with Crippen LogP contribution in [0.3, 0.4) is 0 Å². The second kappa shape index (κ2) is 56.3. The van der Waals surface area contributed by atoms with E-state index in [1.165, 1.54) is 302 Å². The van der Waals surface area contributed by atoms with Crippen LogP contribution >= 0.6 is 0 Å². The molecule has 0 radical (unpaired) electrons. The molecule has 0 saturated carbocycles. The standard InChI is InChI=1S/C60H98N2.2C6H13.Ni/c1-5-9-13-15-16-17-18-19-20-21-22-23-24-25-26-27-28-29-30-31-32-33-34-35-36-37-40-44-59(58(53-62-61)43-39-14-10-6-2)60(56-49-45-54(46-50-56)41-12-8-4)57-51-47-55(48-52-57)42-38-11-7-3;2*1-3-5-6-4-2;/h40,44-52H,5-39,41-43H2,1-4H3;2*1,3-6H2,2H3;. The molecule has 3 heteroatoms. The van der Waals surface area contributed by atoms with Crippen LogP contribution in [0.15, 0.2) is 71.8 Å². The van der Waals surface area contributed by atoms with E-state index in [0.29, 0.717) is 0 Å². The second-order valence-corrected chi connectivity index (χ2v) is 24.0. The Morgan fingerprint density at radius 1 is 0.387 bits per heavy atom. The third-order valence-electron chi connectivity index (χ3n) is 15.3. The number of hydrogen-bond donors (Lipinski definition) is 0. The normalized spacial score (nSPS) is 11.7. The number of hydrogen-bond acceptors (Lipinski definition) is 0. The van der Waals surface area contributed by atoms with Crippen molar-refractivity contribution in [2.24, 2.45) is 0 Å². The molecule has 432 valence electrons. The van der Waals surface area contributed by atoms with E-state index >= 15 is 0 Å². The summed E-state index contributed by atoms with van der Waals surface area (Å²) in [6, 6.07) is 18.6. The zero-order chi connectivity index (χ0) is 54.2. The van der Waals surface area contributed by atoms with Crippen LogP contribution in [0.2, 0.25) is 10.8 Å². The molecule has 0 unspecified atom stereocenters. The summed E-state index contributed by atoms with van der Waals surface area (Å²) < 4.78 is 0. The summed E-state index contributed by atoms with van der Waals surface area (Å²) in [5, 5.41) is 2.83. The zero-order valence-electron chi connectivity index (χ0n) is 50.9. The molecule has 0 atom stereocenters. The first-order valence-electron chi connectivity index (χ1n) is 33.1. The Morgan fingerprint density at radius 3 is 1.08 bits per heavy atom. The second-order valence-electron chi connectivity index (χ2n) is 22.5. The molecule has 0 bridgehead atoms. The minimum absolute atomic E-state index is 0.858. The van der Waals surface area contributed by atoms with Crippen LogP contribution in [0.5, 0.6) is 0 Å². The van der Waals surface area contributed by atoms with E-state index in [2.05, 4.69) is 113 Å². The van der Waals surface area contributed by atoms with Crippen LogP contribution in [0.4, 0.5) is 0 Å². The third-order valence-corrected chi connectivity index (χ3v) is 16.7. The summed E-state index contributed by atoms with van der Waals surface area (Å²) in [6.07, 6.45) is 66.8. The summed E-state index contributed by atoms with van der Waals surface area (Å²) in [5.41, 5.74) is 18.5. The fraction of sp³-hybridized carbons (Fsp3) is 0.750. The van der Waals surface area contributed by atoms with E-state index in [1.54, 1.807) is 0 Å². The molecule has 0 amide bonds. The van der Waals surface area contributed by atoms with Crippen LogP contribution < -0.4 is 0 Å². The van der Waals surface area contributed by atoms with Crippen molar-refractivity contribution in [1.82, 2.24) is 0 Å². The van der Waals surface area contributed by atoms with Crippen molar-refractivity contribution >= 4 is 11.4 Å². The topological polar surface area (TPSA) is 36.4 Å². The van der Waals surface area contributed by atoms with Gasteiger partial charge in [-0.15, -0.1) is 4.79 Å². The Labute approximate surface area is 475 Å². The average Bonchev–Trinajstić information content (AvgIpc) is 3.43. The van der Waals surface area contributed by atoms with Crippen LogP contribution in [-0.2, 0) is 27.3 Å². The van der Waals surface area contributed by atoms with E-state index in [4.69, 9.17) is 0 Å². The Balaban J connectivity index is 0.00000189. The van der Waals surface area contributed by atoms with Gasteiger partial charge in [0.2, 0.25) is 0 Å². The zero-order valence-corrected chi connectivity index (χ0v) is 51.9. The minimum atomic E-state index is 0.858. The molecule has 0 heterocycles. The summed E-state index contributed by atoms with van der Waals surface area (Å²) >= 11 is 1.99. The summed E-state index contributed by atoms with van der Waals surface area (Å²) in [5.74, 6) is 3.07. The molecule has 0 aromatic heterocycles. The molecule has 0 spiro atoms. The predicted molar refractivity (Wildman–Crippen MR) is 334 cm³/mol. The van der Waals surface area contributed by atoms with E-state index in [1.807, 2.05) is 14.4 Å². The fourth-order valence-electron chi connectivity index (χ4n) is 10.3. The summed E-state index contributed by atoms with van der Waals surface area (Å²) in [6.45, 7) is 13.7. The van der Waals surface area contributed by atoms with Gasteiger partial charge < -0.3 is 5.53 Å². The molecule has 0 aliphatic carbocycles. The van der Waals surface area contributed by atoms with Crippen LogP contribution in [0.1, 0.15) is 346 Å². The van der Waals surface area contributed by atoms with E-state index < -0.39 is 0 Å². The van der Waals surface area contributed by atoms with Gasteiger partial charge in [0.1, 0.15) is 0 Å². The first-order chi connectivity index (χ1) is 37.1. The number of rotatable bonds is 52. The monoisotopic (exact) mass is 1070 g/mol. The van der Waals surface area contributed by atoms with Crippen molar-refractivity contribution in [1.29, 1.82) is 0 Å². The molecule has 0 aliphatic rings. The van der Waals surface area contributed by atoms with E-state index in [-0.39, 0.29) is 0 Å². The van der Waals surface area contributed by atoms with Gasteiger partial charge in [0.05, 0.1) is 5.57 Å². The van der Waals surface area contributed by atoms with Crippen molar-refractivity contribution in [2.75, 3.05) is 0 Å². The molecule has 2 aromatic rings. The van der Waals surface area contributed by atoms with Crippen molar-refractivity contribution in [3.63, 3.8) is 0 Å². The summed E-state index contributed by atoms with van der Waals surface area (Å²) in [4.78, 5) is 3.52. The number of aryl methyl sites for hydroxylation is 2.